The molecule has 0 aliphatic rings. The van der Waals surface area contributed by atoms with E-state index >= 15 is 0 Å². The average molecular weight is 208 g/mol. The van der Waals surface area contributed by atoms with E-state index in [1.54, 1.807) is 6.92 Å². The first-order valence-electron chi connectivity index (χ1n) is 3.90. The Morgan fingerprint density at radius 3 is 1.86 bits per heavy atom. The van der Waals surface area contributed by atoms with Crippen LogP contribution in [0.1, 0.15) is 6.92 Å². The maximum atomic E-state index is 11.5. The van der Waals surface area contributed by atoms with Gasteiger partial charge < -0.3 is 4.74 Å². The molecule has 0 N–H and O–H groups in total. The van der Waals surface area contributed by atoms with Crippen LogP contribution in [0, 0.1) is 0 Å². The molecule has 84 valence electrons. The van der Waals surface area contributed by atoms with E-state index < -0.39 is 12.3 Å². The summed E-state index contributed by atoms with van der Waals surface area (Å²) in [5, 5.41) is 1.63. The van der Waals surface area contributed by atoms with Gasteiger partial charge in [0.25, 0.3) is 0 Å². The minimum absolute atomic E-state index is 0.541. The Morgan fingerprint density at radius 1 is 1.07 bits per heavy atom. The molecule has 0 aromatic carbocycles. The van der Waals surface area contributed by atoms with Crippen LogP contribution in [0.3, 0.4) is 0 Å². The second kappa shape index (κ2) is 6.55. The van der Waals surface area contributed by atoms with E-state index in [-0.39, 0.29) is 0 Å². The first kappa shape index (κ1) is 13.1. The van der Waals surface area contributed by atoms with E-state index in [0.29, 0.717) is 5.23 Å². The maximum Gasteiger partial charge on any atom is 0.395 e. The van der Waals surface area contributed by atoms with Gasteiger partial charge in [-0.15, -0.1) is 0 Å². The number of urea groups is 1. The van der Waals surface area contributed by atoms with Crippen LogP contribution in [0.2, 0.25) is 0 Å². The molecular weight excluding hydrogens is 192 g/mol. The largest absolute Gasteiger partial charge is 0.395 e. The van der Waals surface area contributed by atoms with E-state index in [4.69, 9.17) is 9.57 Å². The molecule has 0 saturated carbocycles. The summed E-state index contributed by atoms with van der Waals surface area (Å²) in [6.45, 7) is 1.64. The molecule has 0 rings (SSSR count). The van der Waals surface area contributed by atoms with Gasteiger partial charge in [0.1, 0.15) is 0 Å². The Bertz CT molecular complexity index is 173. The molecule has 0 heterocycles. The van der Waals surface area contributed by atoms with Crippen LogP contribution in [0.15, 0.2) is 0 Å². The van der Waals surface area contributed by atoms with Gasteiger partial charge in [-0.1, -0.05) is 5.23 Å². The van der Waals surface area contributed by atoms with Crippen LogP contribution >= 0.6 is 0 Å². The van der Waals surface area contributed by atoms with Crippen molar-refractivity contribution in [2.75, 3.05) is 28.4 Å². The molecule has 1 atom stereocenters. The van der Waals surface area contributed by atoms with Gasteiger partial charge in [-0.25, -0.2) is 14.5 Å². The van der Waals surface area contributed by atoms with Crippen LogP contribution in [-0.2, 0) is 19.2 Å². The van der Waals surface area contributed by atoms with Gasteiger partial charge in [0.2, 0.25) is 0 Å². The number of nitrogens with zero attached hydrogens (tertiary/aromatic N) is 2. The SMILES string of the molecule is COC(C)N(OC)C(=O)N(OC)OC. The summed E-state index contributed by atoms with van der Waals surface area (Å²) in [5.41, 5.74) is 0. The zero-order valence-corrected chi connectivity index (χ0v) is 9.01. The van der Waals surface area contributed by atoms with Gasteiger partial charge >= 0.3 is 6.03 Å². The molecule has 7 heteroatoms. The van der Waals surface area contributed by atoms with E-state index in [1.165, 1.54) is 28.4 Å². The zero-order valence-electron chi connectivity index (χ0n) is 9.01. The third-order valence-corrected chi connectivity index (χ3v) is 1.54. The third-order valence-electron chi connectivity index (χ3n) is 1.54. The van der Waals surface area contributed by atoms with Crippen LogP contribution < -0.4 is 0 Å². The van der Waals surface area contributed by atoms with E-state index in [2.05, 4.69) is 9.68 Å². The first-order chi connectivity index (χ1) is 6.62. The molecule has 0 aliphatic carbocycles. The molecule has 14 heavy (non-hydrogen) atoms. The highest BCUT2D eigenvalue weighted by Gasteiger charge is 2.26. The van der Waals surface area contributed by atoms with Crippen molar-refractivity contribution in [3.8, 4) is 0 Å². The topological polar surface area (TPSA) is 60.5 Å². The van der Waals surface area contributed by atoms with Crippen molar-refractivity contribution >= 4 is 6.03 Å². The summed E-state index contributed by atoms with van der Waals surface area (Å²) < 4.78 is 4.91. The van der Waals surface area contributed by atoms with Crippen molar-refractivity contribution < 1.29 is 24.0 Å². The summed E-state index contributed by atoms with van der Waals surface area (Å²) >= 11 is 0. The standard InChI is InChI=1S/C7H16N2O5/c1-6(11-2)8(12-3)7(10)9(13-4)14-5/h6H,1-5H3. The summed E-state index contributed by atoms with van der Waals surface area (Å²) in [6, 6.07) is -0.619. The maximum absolute atomic E-state index is 11.5. The van der Waals surface area contributed by atoms with Crippen molar-refractivity contribution in [1.29, 1.82) is 0 Å². The number of carbonyl (C=O) groups is 1. The molecule has 1 unspecified atom stereocenters. The van der Waals surface area contributed by atoms with Crippen molar-refractivity contribution in [2.24, 2.45) is 0 Å². The Labute approximate surface area is 82.9 Å². The third kappa shape index (κ3) is 3.11. The number of hydroxylamine groups is 4. The highest BCUT2D eigenvalue weighted by molar-refractivity contribution is 5.71. The van der Waals surface area contributed by atoms with E-state index in [1.807, 2.05) is 0 Å². The lowest BCUT2D eigenvalue weighted by Gasteiger charge is -2.28. The molecular formula is C7H16N2O5. The second-order valence-electron chi connectivity index (χ2n) is 2.25. The molecule has 0 aromatic rings. The summed E-state index contributed by atoms with van der Waals surface area (Å²) in [4.78, 5) is 25.6. The van der Waals surface area contributed by atoms with Gasteiger partial charge in [0, 0.05) is 7.11 Å². The predicted octanol–water partition coefficient (Wildman–Crippen LogP) is 0.387. The number of carbonyl (C=O) groups excluding carboxylic acids is 1. The molecule has 0 aliphatic heterocycles. The Morgan fingerprint density at radius 2 is 1.57 bits per heavy atom. The van der Waals surface area contributed by atoms with Crippen molar-refractivity contribution in [3.63, 3.8) is 0 Å². The highest BCUT2D eigenvalue weighted by Crippen LogP contribution is 2.05. The number of hydrogen-bond donors (Lipinski definition) is 0. The fourth-order valence-corrected chi connectivity index (χ4v) is 0.789. The summed E-state index contributed by atoms with van der Waals surface area (Å²) in [5.74, 6) is 0. The average Bonchev–Trinajstić information content (AvgIpc) is 2.20. The van der Waals surface area contributed by atoms with E-state index in [0.717, 1.165) is 5.06 Å². The number of ether oxygens (including phenoxy) is 1. The number of amides is 2. The number of methoxy groups -OCH3 is 1. The smallest absolute Gasteiger partial charge is 0.359 e. The monoisotopic (exact) mass is 208 g/mol. The fourth-order valence-electron chi connectivity index (χ4n) is 0.789. The molecule has 0 saturated heterocycles. The molecule has 0 spiro atoms. The fraction of sp³-hybridized carbons (Fsp3) is 0.857. The van der Waals surface area contributed by atoms with Gasteiger partial charge in [-0.05, 0) is 6.92 Å². The van der Waals surface area contributed by atoms with Gasteiger partial charge in [-0.2, -0.15) is 5.06 Å². The Kier molecular flexibility index (Phi) is 6.13. The predicted molar refractivity (Wildman–Crippen MR) is 46.6 cm³/mol. The normalized spacial score (nSPS) is 12.4. The van der Waals surface area contributed by atoms with Gasteiger partial charge in [0.15, 0.2) is 6.23 Å². The summed E-state index contributed by atoms with van der Waals surface area (Å²) in [7, 11) is 5.39. The van der Waals surface area contributed by atoms with Gasteiger partial charge in [0.05, 0.1) is 21.3 Å². The second-order valence-corrected chi connectivity index (χ2v) is 2.25. The lowest BCUT2D eigenvalue weighted by molar-refractivity contribution is -0.323. The van der Waals surface area contributed by atoms with Crippen LogP contribution in [0.5, 0.6) is 0 Å². The first-order valence-corrected chi connectivity index (χ1v) is 3.90. The van der Waals surface area contributed by atoms with Crippen LogP contribution in [0.4, 0.5) is 4.79 Å². The Balaban J connectivity index is 4.43. The highest BCUT2D eigenvalue weighted by atomic mass is 17.0. The molecule has 0 aromatic heterocycles. The zero-order chi connectivity index (χ0) is 11.1. The van der Waals surface area contributed by atoms with Crippen LogP contribution in [-0.4, -0.2) is 51.0 Å². The van der Waals surface area contributed by atoms with Crippen molar-refractivity contribution in [1.82, 2.24) is 10.3 Å². The Hall–Kier alpha value is -0.890. The van der Waals surface area contributed by atoms with Gasteiger partial charge in [-0.3, -0.25) is 4.84 Å². The lowest BCUT2D eigenvalue weighted by Crippen LogP contribution is -2.46. The summed E-state index contributed by atoms with van der Waals surface area (Å²) in [6.07, 6.45) is -0.541. The molecule has 7 nitrogen and oxygen atoms in total. The number of hydrogen-bond acceptors (Lipinski definition) is 5. The van der Waals surface area contributed by atoms with E-state index in [9.17, 15) is 4.79 Å². The minimum atomic E-state index is -0.619. The molecule has 0 bridgehead atoms. The van der Waals surface area contributed by atoms with Crippen molar-refractivity contribution in [2.45, 2.75) is 13.2 Å². The van der Waals surface area contributed by atoms with Crippen molar-refractivity contribution in [3.05, 3.63) is 0 Å². The molecule has 2 amide bonds. The van der Waals surface area contributed by atoms with Crippen LogP contribution in [0.25, 0.3) is 0 Å². The quantitative estimate of drug-likeness (QED) is 0.483. The molecule has 0 radical (unpaired) electrons. The lowest BCUT2D eigenvalue weighted by atomic mass is 10.6. The minimum Gasteiger partial charge on any atom is -0.359 e. The number of rotatable bonds is 5. The molecule has 0 fully saturated rings.